The molecule has 32 heavy (non-hydrogen) atoms. The molecule has 0 saturated heterocycles. The third-order valence-electron chi connectivity index (χ3n) is 5.57. The van der Waals surface area contributed by atoms with E-state index in [0.29, 0.717) is 17.0 Å². The molecular weight excluding hydrogens is 406 g/mol. The highest BCUT2D eigenvalue weighted by Gasteiger charge is 2.17. The molecule has 1 fully saturated rings. The molecule has 2 heterocycles. The minimum Gasteiger partial charge on any atom is -0.431 e. The summed E-state index contributed by atoms with van der Waals surface area (Å²) < 4.78 is 5.36. The standard InChI is InChI=1S/C19H21N5O3.C5H10/c1-3-13(4-2)22-18(26)15-9-14(23-24-15)11-6-5-7-12(8-11)19-21-10-16(27-19)17(20)25;1-2-5-3-4-5/h5-10,13H,3-4H2,1-2H3,(H2,20,25)(H,22,26)(H,23,24);5H,2-4H2,1H3. The van der Waals surface area contributed by atoms with Crippen LogP contribution in [-0.2, 0) is 0 Å². The number of rotatable bonds is 8. The highest BCUT2D eigenvalue weighted by atomic mass is 16.4. The van der Waals surface area contributed by atoms with Gasteiger partial charge in [0.15, 0.2) is 0 Å². The van der Waals surface area contributed by atoms with Gasteiger partial charge in [-0.05, 0) is 37.0 Å². The van der Waals surface area contributed by atoms with E-state index in [-0.39, 0.29) is 23.6 Å². The number of nitrogens with one attached hydrogen (secondary N) is 2. The van der Waals surface area contributed by atoms with Gasteiger partial charge in [0.2, 0.25) is 11.7 Å². The van der Waals surface area contributed by atoms with Crippen LogP contribution in [0.25, 0.3) is 22.7 Å². The van der Waals surface area contributed by atoms with Crippen LogP contribution in [0.3, 0.4) is 0 Å². The van der Waals surface area contributed by atoms with Crippen molar-refractivity contribution in [3.8, 4) is 22.7 Å². The Hall–Kier alpha value is -3.42. The molecule has 1 saturated carbocycles. The van der Waals surface area contributed by atoms with Crippen molar-refractivity contribution in [2.24, 2.45) is 11.7 Å². The Morgan fingerprint density at radius 1 is 1.19 bits per heavy atom. The van der Waals surface area contributed by atoms with E-state index in [0.717, 1.165) is 24.3 Å². The van der Waals surface area contributed by atoms with E-state index in [1.54, 1.807) is 12.1 Å². The van der Waals surface area contributed by atoms with Gasteiger partial charge >= 0.3 is 0 Å². The van der Waals surface area contributed by atoms with Crippen molar-refractivity contribution in [1.82, 2.24) is 20.5 Å². The SMILES string of the molecule is CCC(CC)NC(=O)c1cc(-c2cccc(-c3ncc(C(N)=O)o3)c2)n[nH]1.CCC1CC1. The molecular formula is C24H31N5O3. The van der Waals surface area contributed by atoms with Crippen molar-refractivity contribution in [2.45, 2.75) is 58.9 Å². The summed E-state index contributed by atoms with van der Waals surface area (Å²) in [7, 11) is 0. The molecule has 4 N–H and O–H groups in total. The number of nitrogens with two attached hydrogens (primary N) is 1. The van der Waals surface area contributed by atoms with Crippen LogP contribution in [0, 0.1) is 5.92 Å². The van der Waals surface area contributed by atoms with Gasteiger partial charge in [0, 0.05) is 17.2 Å². The topological polar surface area (TPSA) is 127 Å². The number of hydrogen-bond donors (Lipinski definition) is 3. The zero-order valence-corrected chi connectivity index (χ0v) is 18.9. The monoisotopic (exact) mass is 437 g/mol. The highest BCUT2D eigenvalue weighted by Crippen LogP contribution is 2.31. The van der Waals surface area contributed by atoms with E-state index < -0.39 is 5.91 Å². The summed E-state index contributed by atoms with van der Waals surface area (Å²) in [5.41, 5.74) is 7.66. The summed E-state index contributed by atoms with van der Waals surface area (Å²) in [6, 6.07) is 9.12. The molecule has 1 aromatic carbocycles. The molecule has 2 aromatic heterocycles. The second-order valence-electron chi connectivity index (χ2n) is 7.98. The molecule has 0 radical (unpaired) electrons. The maximum atomic E-state index is 12.3. The fourth-order valence-electron chi connectivity index (χ4n) is 3.20. The first-order valence-corrected chi connectivity index (χ1v) is 11.2. The molecule has 0 unspecified atom stereocenters. The lowest BCUT2D eigenvalue weighted by Gasteiger charge is -2.13. The number of aromatic amines is 1. The molecule has 2 amide bonds. The van der Waals surface area contributed by atoms with Crippen LogP contribution in [0.4, 0.5) is 0 Å². The van der Waals surface area contributed by atoms with Crippen molar-refractivity contribution in [1.29, 1.82) is 0 Å². The van der Waals surface area contributed by atoms with Crippen LogP contribution in [0.2, 0.25) is 0 Å². The van der Waals surface area contributed by atoms with Crippen molar-refractivity contribution < 1.29 is 14.0 Å². The first-order valence-electron chi connectivity index (χ1n) is 11.2. The van der Waals surface area contributed by atoms with Crippen LogP contribution in [0.5, 0.6) is 0 Å². The fraction of sp³-hybridized carbons (Fsp3) is 0.417. The van der Waals surface area contributed by atoms with E-state index in [1.165, 1.54) is 25.5 Å². The molecule has 0 aliphatic heterocycles. The highest BCUT2D eigenvalue weighted by molar-refractivity contribution is 5.93. The van der Waals surface area contributed by atoms with Crippen molar-refractivity contribution in [3.63, 3.8) is 0 Å². The summed E-state index contributed by atoms with van der Waals surface area (Å²) >= 11 is 0. The Morgan fingerprint density at radius 3 is 2.47 bits per heavy atom. The van der Waals surface area contributed by atoms with Crippen molar-refractivity contribution in [3.05, 3.63) is 48.0 Å². The molecule has 170 valence electrons. The zero-order chi connectivity index (χ0) is 23.1. The number of primary amides is 1. The van der Waals surface area contributed by atoms with Crippen LogP contribution >= 0.6 is 0 Å². The van der Waals surface area contributed by atoms with Crippen LogP contribution < -0.4 is 11.1 Å². The quantitative estimate of drug-likeness (QED) is 0.476. The molecule has 8 nitrogen and oxygen atoms in total. The van der Waals surface area contributed by atoms with Crippen molar-refractivity contribution >= 4 is 11.8 Å². The summed E-state index contributed by atoms with van der Waals surface area (Å²) in [4.78, 5) is 27.5. The zero-order valence-electron chi connectivity index (χ0n) is 18.9. The van der Waals surface area contributed by atoms with E-state index in [2.05, 4.69) is 27.4 Å². The number of oxazole rings is 1. The second kappa shape index (κ2) is 10.7. The Bertz CT molecular complexity index is 1050. The average Bonchev–Trinajstić information content (AvgIpc) is 3.30. The molecule has 0 spiro atoms. The van der Waals surface area contributed by atoms with Gasteiger partial charge in [-0.2, -0.15) is 5.10 Å². The molecule has 8 heteroatoms. The predicted molar refractivity (Wildman–Crippen MR) is 123 cm³/mol. The van der Waals surface area contributed by atoms with Gasteiger partial charge in [-0.15, -0.1) is 0 Å². The third-order valence-corrected chi connectivity index (χ3v) is 5.57. The van der Waals surface area contributed by atoms with Crippen molar-refractivity contribution in [2.75, 3.05) is 0 Å². The van der Waals surface area contributed by atoms with Gasteiger partial charge < -0.3 is 15.5 Å². The summed E-state index contributed by atoms with van der Waals surface area (Å²) in [5, 5.41) is 9.97. The largest absolute Gasteiger partial charge is 0.431 e. The number of H-pyrrole nitrogens is 1. The number of carbonyl (C=O) groups is 2. The minimum atomic E-state index is -0.676. The summed E-state index contributed by atoms with van der Waals surface area (Å²) in [5.74, 6) is 0.557. The minimum absolute atomic E-state index is 0.00414. The molecule has 1 aliphatic rings. The first-order chi connectivity index (χ1) is 15.4. The predicted octanol–water partition coefficient (Wildman–Crippen LogP) is 4.56. The molecule has 3 aromatic rings. The lowest BCUT2D eigenvalue weighted by molar-refractivity contribution is 0.0928. The number of benzene rings is 1. The van der Waals surface area contributed by atoms with Gasteiger partial charge in [-0.3, -0.25) is 14.7 Å². The maximum absolute atomic E-state index is 12.3. The Morgan fingerprint density at radius 2 is 1.91 bits per heavy atom. The van der Waals surface area contributed by atoms with Gasteiger partial charge in [-0.1, -0.05) is 52.2 Å². The maximum Gasteiger partial charge on any atom is 0.286 e. The van der Waals surface area contributed by atoms with E-state index in [1.807, 2.05) is 32.0 Å². The van der Waals surface area contributed by atoms with Gasteiger partial charge in [0.05, 0.1) is 11.9 Å². The third kappa shape index (κ3) is 6.06. The van der Waals surface area contributed by atoms with Crippen LogP contribution in [0.1, 0.15) is 73.9 Å². The summed E-state index contributed by atoms with van der Waals surface area (Å²) in [6.07, 6.45) is 7.47. The number of hydrogen-bond acceptors (Lipinski definition) is 5. The lowest BCUT2D eigenvalue weighted by Crippen LogP contribution is -2.33. The Balaban J connectivity index is 0.000000509. The normalized spacial score (nSPS) is 12.9. The van der Waals surface area contributed by atoms with Gasteiger partial charge in [-0.25, -0.2) is 4.98 Å². The second-order valence-corrected chi connectivity index (χ2v) is 7.98. The number of carbonyl (C=O) groups excluding carboxylic acids is 2. The lowest BCUT2D eigenvalue weighted by atomic mass is 10.1. The van der Waals surface area contributed by atoms with E-state index in [4.69, 9.17) is 10.2 Å². The number of aromatic nitrogens is 3. The average molecular weight is 438 g/mol. The number of amides is 2. The van der Waals surface area contributed by atoms with Crippen LogP contribution in [-0.4, -0.2) is 33.0 Å². The first kappa shape index (κ1) is 23.2. The molecule has 0 bridgehead atoms. The van der Waals surface area contributed by atoms with E-state index >= 15 is 0 Å². The molecule has 4 rings (SSSR count). The number of nitrogens with zero attached hydrogens (tertiary/aromatic N) is 2. The summed E-state index contributed by atoms with van der Waals surface area (Å²) in [6.45, 7) is 6.33. The Labute approximate surface area is 188 Å². The van der Waals surface area contributed by atoms with Crippen LogP contribution in [0.15, 0.2) is 40.9 Å². The fourth-order valence-corrected chi connectivity index (χ4v) is 3.20. The van der Waals surface area contributed by atoms with Gasteiger partial charge in [0.1, 0.15) is 5.69 Å². The van der Waals surface area contributed by atoms with Gasteiger partial charge in [0.25, 0.3) is 11.8 Å². The smallest absolute Gasteiger partial charge is 0.286 e. The Kier molecular flexibility index (Phi) is 7.81. The van der Waals surface area contributed by atoms with E-state index in [9.17, 15) is 9.59 Å². The molecule has 1 aliphatic carbocycles. The molecule has 0 atom stereocenters.